The highest BCUT2D eigenvalue weighted by molar-refractivity contribution is 14.1. The molecular weight excluding hydrogens is 414 g/mol. The van der Waals surface area contributed by atoms with Gasteiger partial charge >= 0.3 is 0 Å². The van der Waals surface area contributed by atoms with Gasteiger partial charge in [0.05, 0.1) is 15.3 Å². The highest BCUT2D eigenvalue weighted by atomic mass is 127. The number of halogens is 3. The van der Waals surface area contributed by atoms with Gasteiger partial charge < -0.3 is 4.74 Å². The van der Waals surface area contributed by atoms with Crippen LogP contribution in [-0.2, 0) is 4.74 Å². The van der Waals surface area contributed by atoms with Crippen molar-refractivity contribution in [3.8, 4) is 0 Å². The first-order chi connectivity index (χ1) is 8.68. The van der Waals surface area contributed by atoms with Gasteiger partial charge in [-0.1, -0.05) is 0 Å². The van der Waals surface area contributed by atoms with Crippen LogP contribution >= 0.6 is 38.5 Å². The summed E-state index contributed by atoms with van der Waals surface area (Å²) in [4.78, 5) is 0. The SMILES string of the molecule is Fc1cc2c(cnn2C2CCCCO2)c(Br)c1I. The van der Waals surface area contributed by atoms with Crippen molar-refractivity contribution in [3.63, 3.8) is 0 Å². The van der Waals surface area contributed by atoms with Gasteiger partial charge in [-0.2, -0.15) is 5.10 Å². The normalized spacial score (nSPS) is 20.5. The number of ether oxygens (including phenoxy) is 1. The minimum Gasteiger partial charge on any atom is -0.356 e. The quantitative estimate of drug-likeness (QED) is 0.505. The number of hydrogen-bond donors (Lipinski definition) is 0. The Hall–Kier alpha value is -0.210. The summed E-state index contributed by atoms with van der Waals surface area (Å²) in [5, 5.41) is 5.28. The lowest BCUT2D eigenvalue weighted by Crippen LogP contribution is -2.19. The average molecular weight is 425 g/mol. The first-order valence-corrected chi connectivity index (χ1v) is 7.68. The summed E-state index contributed by atoms with van der Waals surface area (Å²) in [6.45, 7) is 0.750. The summed E-state index contributed by atoms with van der Waals surface area (Å²) in [7, 11) is 0. The van der Waals surface area contributed by atoms with Gasteiger partial charge in [0.15, 0.2) is 6.23 Å². The Labute approximate surface area is 126 Å². The fourth-order valence-electron chi connectivity index (χ4n) is 2.24. The molecule has 3 rings (SSSR count). The second-order valence-corrected chi connectivity index (χ2v) is 6.20. The summed E-state index contributed by atoms with van der Waals surface area (Å²) < 4.78 is 22.7. The molecule has 1 saturated heterocycles. The van der Waals surface area contributed by atoms with Crippen molar-refractivity contribution in [1.82, 2.24) is 9.78 Å². The largest absolute Gasteiger partial charge is 0.356 e. The fourth-order valence-corrected chi connectivity index (χ4v) is 3.18. The molecule has 1 unspecified atom stereocenters. The third-order valence-electron chi connectivity index (χ3n) is 3.16. The number of aromatic nitrogens is 2. The van der Waals surface area contributed by atoms with Crippen molar-refractivity contribution in [3.05, 3.63) is 26.1 Å². The molecule has 0 aliphatic carbocycles. The molecule has 1 aromatic heterocycles. The molecule has 6 heteroatoms. The Bertz CT molecular complexity index is 595. The van der Waals surface area contributed by atoms with E-state index in [9.17, 15) is 4.39 Å². The highest BCUT2D eigenvalue weighted by Crippen LogP contribution is 2.33. The number of benzene rings is 1. The van der Waals surface area contributed by atoms with Gasteiger partial charge in [0, 0.05) is 22.5 Å². The summed E-state index contributed by atoms with van der Waals surface area (Å²) in [6, 6.07) is 1.53. The molecule has 18 heavy (non-hydrogen) atoms. The monoisotopic (exact) mass is 424 g/mol. The number of hydrogen-bond acceptors (Lipinski definition) is 2. The maximum Gasteiger partial charge on any atom is 0.150 e. The lowest BCUT2D eigenvalue weighted by atomic mass is 10.2. The molecule has 0 radical (unpaired) electrons. The summed E-state index contributed by atoms with van der Waals surface area (Å²) >= 11 is 5.42. The smallest absolute Gasteiger partial charge is 0.150 e. The van der Waals surface area contributed by atoms with Crippen LogP contribution in [0.15, 0.2) is 16.7 Å². The average Bonchev–Trinajstić information content (AvgIpc) is 2.81. The predicted molar refractivity (Wildman–Crippen MR) is 78.9 cm³/mol. The Morgan fingerprint density at radius 1 is 1.50 bits per heavy atom. The van der Waals surface area contributed by atoms with Crippen LogP contribution in [0, 0.1) is 9.39 Å². The number of rotatable bonds is 1. The Morgan fingerprint density at radius 2 is 2.33 bits per heavy atom. The molecule has 96 valence electrons. The van der Waals surface area contributed by atoms with Crippen molar-refractivity contribution in [2.24, 2.45) is 0 Å². The molecule has 0 spiro atoms. The Kier molecular flexibility index (Phi) is 3.59. The van der Waals surface area contributed by atoms with Crippen LogP contribution in [-0.4, -0.2) is 16.4 Å². The first-order valence-electron chi connectivity index (χ1n) is 5.81. The van der Waals surface area contributed by atoms with Crippen molar-refractivity contribution in [2.45, 2.75) is 25.5 Å². The van der Waals surface area contributed by atoms with E-state index in [1.165, 1.54) is 6.07 Å². The van der Waals surface area contributed by atoms with Gasteiger partial charge in [-0.25, -0.2) is 9.07 Å². The van der Waals surface area contributed by atoms with Crippen molar-refractivity contribution >= 4 is 49.4 Å². The molecule has 0 saturated carbocycles. The van der Waals surface area contributed by atoms with Crippen LogP contribution in [0.5, 0.6) is 0 Å². The minimum atomic E-state index is -0.229. The molecule has 1 atom stereocenters. The van der Waals surface area contributed by atoms with E-state index in [1.54, 1.807) is 10.9 Å². The summed E-state index contributed by atoms with van der Waals surface area (Å²) in [5.74, 6) is -0.229. The zero-order chi connectivity index (χ0) is 12.7. The fraction of sp³-hybridized carbons (Fsp3) is 0.417. The van der Waals surface area contributed by atoms with E-state index in [2.05, 4.69) is 21.0 Å². The Balaban J connectivity index is 2.13. The highest BCUT2D eigenvalue weighted by Gasteiger charge is 2.21. The van der Waals surface area contributed by atoms with E-state index >= 15 is 0 Å². The van der Waals surface area contributed by atoms with E-state index in [4.69, 9.17) is 4.74 Å². The molecule has 0 bridgehead atoms. The summed E-state index contributed by atoms with van der Waals surface area (Å²) in [6.07, 6.45) is 4.84. The van der Waals surface area contributed by atoms with Crippen LogP contribution in [0.2, 0.25) is 0 Å². The van der Waals surface area contributed by atoms with Crippen LogP contribution in [0.1, 0.15) is 25.5 Å². The van der Waals surface area contributed by atoms with Crippen molar-refractivity contribution in [1.29, 1.82) is 0 Å². The van der Waals surface area contributed by atoms with Gasteiger partial charge in [0.1, 0.15) is 5.82 Å². The van der Waals surface area contributed by atoms with Gasteiger partial charge in [-0.15, -0.1) is 0 Å². The third kappa shape index (κ3) is 2.08. The lowest BCUT2D eigenvalue weighted by Gasteiger charge is -2.23. The van der Waals surface area contributed by atoms with Gasteiger partial charge in [0.25, 0.3) is 0 Å². The molecular formula is C12H11BrFIN2O. The van der Waals surface area contributed by atoms with E-state index in [0.29, 0.717) is 3.57 Å². The molecule has 1 aliphatic heterocycles. The maximum absolute atomic E-state index is 13.8. The molecule has 0 amide bonds. The van der Waals surface area contributed by atoms with Crippen LogP contribution < -0.4 is 0 Å². The lowest BCUT2D eigenvalue weighted by molar-refractivity contribution is -0.0366. The standard InChI is InChI=1S/C12H11BrFIN2O/c13-11-7-6-16-17(10-3-1-2-4-18-10)9(7)5-8(14)12(11)15/h5-6,10H,1-4H2. The van der Waals surface area contributed by atoms with Gasteiger partial charge in [0.2, 0.25) is 0 Å². The number of fused-ring (bicyclic) bond motifs is 1. The van der Waals surface area contributed by atoms with Crippen molar-refractivity contribution < 1.29 is 9.13 Å². The van der Waals surface area contributed by atoms with Crippen LogP contribution in [0.4, 0.5) is 4.39 Å². The maximum atomic E-state index is 13.8. The second-order valence-electron chi connectivity index (χ2n) is 4.33. The van der Waals surface area contributed by atoms with E-state index in [0.717, 1.165) is 41.2 Å². The minimum absolute atomic E-state index is 0.0670. The molecule has 1 fully saturated rings. The molecule has 2 heterocycles. The van der Waals surface area contributed by atoms with Gasteiger partial charge in [-0.3, -0.25) is 0 Å². The van der Waals surface area contributed by atoms with E-state index < -0.39 is 0 Å². The van der Waals surface area contributed by atoms with E-state index in [-0.39, 0.29) is 12.0 Å². The van der Waals surface area contributed by atoms with Gasteiger partial charge in [-0.05, 0) is 57.8 Å². The molecule has 1 aliphatic rings. The predicted octanol–water partition coefficient (Wildman–Crippen LogP) is 4.24. The summed E-state index contributed by atoms with van der Waals surface area (Å²) in [5.41, 5.74) is 0.784. The second kappa shape index (κ2) is 5.05. The topological polar surface area (TPSA) is 27.1 Å². The van der Waals surface area contributed by atoms with Crippen molar-refractivity contribution in [2.75, 3.05) is 6.61 Å². The zero-order valence-corrected chi connectivity index (χ0v) is 13.2. The molecule has 0 N–H and O–H groups in total. The molecule has 2 aromatic rings. The molecule has 1 aromatic carbocycles. The third-order valence-corrected chi connectivity index (χ3v) is 5.78. The first kappa shape index (κ1) is 12.8. The number of nitrogens with zero attached hydrogens (tertiary/aromatic N) is 2. The Morgan fingerprint density at radius 3 is 3.06 bits per heavy atom. The molecule has 3 nitrogen and oxygen atoms in total. The van der Waals surface area contributed by atoms with Crippen LogP contribution in [0.25, 0.3) is 10.9 Å². The van der Waals surface area contributed by atoms with Crippen LogP contribution in [0.3, 0.4) is 0 Å². The van der Waals surface area contributed by atoms with E-state index in [1.807, 2.05) is 22.6 Å². The zero-order valence-electron chi connectivity index (χ0n) is 9.50.